The number of carbonyl (C=O) groups is 2. The van der Waals surface area contributed by atoms with Crippen LogP contribution in [-0.4, -0.2) is 11.8 Å². The average molecular weight is 136 g/mol. The minimum atomic E-state index is -1.59. The van der Waals surface area contributed by atoms with E-state index in [4.69, 9.17) is 0 Å². The summed E-state index contributed by atoms with van der Waals surface area (Å²) in [6.07, 6.45) is 0. The molecular formula is C3H5O4P. The minimum absolute atomic E-state index is 0.728. The van der Waals surface area contributed by atoms with Crippen LogP contribution in [0.2, 0.25) is 0 Å². The Labute approximate surface area is 47.1 Å². The van der Waals surface area contributed by atoms with Gasteiger partial charge in [-0.3, -0.25) is 9.36 Å². The molecule has 0 N–H and O–H groups in total. The summed E-state index contributed by atoms with van der Waals surface area (Å²) < 4.78 is 13.4. The highest BCUT2D eigenvalue weighted by Gasteiger charge is 2.05. The highest BCUT2D eigenvalue weighted by molar-refractivity contribution is 7.18. The van der Waals surface area contributed by atoms with Crippen LogP contribution < -0.4 is 0 Å². The molecule has 0 bridgehead atoms. The van der Waals surface area contributed by atoms with E-state index in [9.17, 15) is 14.2 Å². The van der Waals surface area contributed by atoms with Crippen molar-refractivity contribution in [1.82, 2.24) is 0 Å². The van der Waals surface area contributed by atoms with Gasteiger partial charge in [-0.05, 0) is 0 Å². The molecule has 0 heterocycles. The van der Waals surface area contributed by atoms with Crippen LogP contribution in [0, 0.1) is 0 Å². The fourth-order valence-corrected chi connectivity index (χ4v) is 0.380. The molecule has 0 amide bonds. The van der Waals surface area contributed by atoms with E-state index in [0.29, 0.717) is 0 Å². The zero-order valence-electron chi connectivity index (χ0n) is 4.21. The number of hydrogen-bond acceptors (Lipinski definition) is 4. The molecule has 0 aromatic heterocycles. The van der Waals surface area contributed by atoms with Gasteiger partial charge in [-0.25, -0.2) is 4.79 Å². The van der Waals surface area contributed by atoms with Crippen molar-refractivity contribution in [3.8, 4) is 0 Å². The molecule has 0 aliphatic heterocycles. The highest BCUT2D eigenvalue weighted by atomic mass is 31.1. The largest absolute Gasteiger partial charge is 0.411 e. The van der Waals surface area contributed by atoms with Gasteiger partial charge in [0.1, 0.15) is 0 Å². The summed E-state index contributed by atoms with van der Waals surface area (Å²) >= 11 is 0. The van der Waals surface area contributed by atoms with Gasteiger partial charge in [0, 0.05) is 6.92 Å². The lowest BCUT2D eigenvalue weighted by Gasteiger charge is -1.86. The van der Waals surface area contributed by atoms with Gasteiger partial charge < -0.3 is 4.52 Å². The predicted molar refractivity (Wildman–Crippen MR) is 27.2 cm³/mol. The molecule has 0 radical (unpaired) electrons. The Morgan fingerprint density at radius 2 is 2.00 bits per heavy atom. The second kappa shape index (κ2) is 3.38. The summed E-state index contributed by atoms with van der Waals surface area (Å²) in [4.78, 5) is 19.9. The Hall–Kier alpha value is -0.630. The van der Waals surface area contributed by atoms with Crippen LogP contribution in [0.15, 0.2) is 0 Å². The molecule has 0 rings (SSSR count). The first kappa shape index (κ1) is 7.37. The first-order valence-corrected chi connectivity index (χ1v) is 2.78. The fraction of sp³-hybridized carbons (Fsp3) is 0.333. The second-order valence-electron chi connectivity index (χ2n) is 1.06. The van der Waals surface area contributed by atoms with Crippen molar-refractivity contribution in [2.75, 3.05) is 0 Å². The summed E-state index contributed by atoms with van der Waals surface area (Å²) in [5, 5.41) is 0. The van der Waals surface area contributed by atoms with E-state index in [-0.39, 0.29) is 0 Å². The summed E-state index contributed by atoms with van der Waals surface area (Å²) in [7, 11) is -1.59. The van der Waals surface area contributed by atoms with Crippen LogP contribution in [0.4, 0.5) is 0 Å². The Morgan fingerprint density at radius 3 is 2.12 bits per heavy atom. The first-order chi connectivity index (χ1) is 3.68. The van der Waals surface area contributed by atoms with E-state index in [1.54, 1.807) is 0 Å². The van der Waals surface area contributed by atoms with Crippen LogP contribution in [-0.2, 0) is 18.7 Å². The molecule has 0 aliphatic carbocycles. The molecule has 4 nitrogen and oxygen atoms in total. The normalized spacial score (nSPS) is 9.62. The number of Topliss-reactive ketones (excluding diaryl/α,β-unsaturated/α-hetero) is 1. The maximum atomic E-state index is 9.99. The molecule has 0 aromatic carbocycles. The van der Waals surface area contributed by atoms with Crippen molar-refractivity contribution in [3.05, 3.63) is 0 Å². The van der Waals surface area contributed by atoms with E-state index in [2.05, 4.69) is 4.52 Å². The van der Waals surface area contributed by atoms with Crippen LogP contribution in [0.1, 0.15) is 6.92 Å². The molecule has 1 atom stereocenters. The van der Waals surface area contributed by atoms with Crippen molar-refractivity contribution in [2.24, 2.45) is 0 Å². The second-order valence-corrected chi connectivity index (χ2v) is 1.49. The van der Waals surface area contributed by atoms with Gasteiger partial charge in [0.05, 0.1) is 0 Å². The monoisotopic (exact) mass is 136 g/mol. The lowest BCUT2D eigenvalue weighted by atomic mass is 10.5. The summed E-state index contributed by atoms with van der Waals surface area (Å²) in [6, 6.07) is 0. The Morgan fingerprint density at radius 1 is 1.50 bits per heavy atom. The third-order valence-electron chi connectivity index (χ3n) is 0.443. The smallest absolute Gasteiger partial charge is 0.378 e. The van der Waals surface area contributed by atoms with Gasteiger partial charge in [0.2, 0.25) is 14.5 Å². The molecule has 0 fully saturated rings. The molecule has 1 unspecified atom stereocenters. The van der Waals surface area contributed by atoms with Crippen LogP contribution >= 0.6 is 8.69 Å². The van der Waals surface area contributed by atoms with Gasteiger partial charge in [0.25, 0.3) is 0 Å². The molecule has 0 spiro atoms. The maximum absolute atomic E-state index is 9.99. The van der Waals surface area contributed by atoms with Crippen LogP contribution in [0.3, 0.4) is 0 Å². The van der Waals surface area contributed by atoms with Crippen molar-refractivity contribution in [3.63, 3.8) is 0 Å². The first-order valence-electron chi connectivity index (χ1n) is 1.83. The zero-order chi connectivity index (χ0) is 6.57. The van der Waals surface area contributed by atoms with Gasteiger partial charge in [-0.15, -0.1) is 0 Å². The molecule has 8 heavy (non-hydrogen) atoms. The highest BCUT2D eigenvalue weighted by Crippen LogP contribution is 1.94. The zero-order valence-corrected chi connectivity index (χ0v) is 5.37. The molecule has 0 aliphatic rings. The number of ketones is 1. The number of carbonyl (C=O) groups excluding carboxylic acids is 2. The third-order valence-corrected chi connectivity index (χ3v) is 0.753. The SMILES string of the molecule is CC(=O)C(=O)O[PH2]=O. The third kappa shape index (κ3) is 2.53. The quantitative estimate of drug-likeness (QED) is 0.389. The van der Waals surface area contributed by atoms with Crippen molar-refractivity contribution < 1.29 is 18.7 Å². The van der Waals surface area contributed by atoms with Crippen molar-refractivity contribution in [1.29, 1.82) is 0 Å². The summed E-state index contributed by atoms with van der Waals surface area (Å²) in [6.45, 7) is 1.05. The van der Waals surface area contributed by atoms with Crippen molar-refractivity contribution in [2.45, 2.75) is 6.92 Å². The molecule has 0 saturated heterocycles. The number of rotatable bonds is 2. The van der Waals surface area contributed by atoms with Crippen LogP contribution in [0.25, 0.3) is 0 Å². The van der Waals surface area contributed by atoms with Gasteiger partial charge in [0.15, 0.2) is 0 Å². The number of hydrogen-bond donors (Lipinski definition) is 0. The maximum Gasteiger partial charge on any atom is 0.378 e. The Bertz CT molecular complexity index is 129. The average Bonchev–Trinajstić information content (AvgIpc) is 1.67. The topological polar surface area (TPSA) is 60.4 Å². The van der Waals surface area contributed by atoms with Gasteiger partial charge in [-0.1, -0.05) is 0 Å². The van der Waals surface area contributed by atoms with E-state index < -0.39 is 20.4 Å². The fourth-order valence-electron chi connectivity index (χ4n) is 0.127. The molecule has 46 valence electrons. The minimum Gasteiger partial charge on any atom is -0.411 e. The Balaban J connectivity index is 3.65. The van der Waals surface area contributed by atoms with E-state index in [0.717, 1.165) is 6.92 Å². The lowest BCUT2D eigenvalue weighted by molar-refractivity contribution is -0.145. The van der Waals surface area contributed by atoms with Gasteiger partial charge >= 0.3 is 5.97 Å². The standard InChI is InChI=1S/C3H5O4P/c1-2(4)3(5)7-8-6/h8H2,1H3. The van der Waals surface area contributed by atoms with Gasteiger partial charge in [-0.2, -0.15) is 0 Å². The van der Waals surface area contributed by atoms with E-state index in [1.165, 1.54) is 0 Å². The van der Waals surface area contributed by atoms with Crippen molar-refractivity contribution >= 4 is 20.4 Å². The molecule has 5 heteroatoms. The molecule has 0 saturated carbocycles. The predicted octanol–water partition coefficient (Wildman–Crippen LogP) is -0.210. The van der Waals surface area contributed by atoms with E-state index >= 15 is 0 Å². The summed E-state index contributed by atoms with van der Waals surface area (Å²) in [5.41, 5.74) is 0. The molecule has 0 aromatic rings. The lowest BCUT2D eigenvalue weighted by Crippen LogP contribution is -2.07. The van der Waals surface area contributed by atoms with E-state index in [1.807, 2.05) is 0 Å². The van der Waals surface area contributed by atoms with Crippen LogP contribution in [0.5, 0.6) is 0 Å². The Kier molecular flexibility index (Phi) is 3.12. The molecular weight excluding hydrogens is 131 g/mol. The summed E-state index contributed by atoms with van der Waals surface area (Å²) in [5.74, 6) is -1.76.